The first-order valence-corrected chi connectivity index (χ1v) is 13.2. The predicted octanol–water partition coefficient (Wildman–Crippen LogP) is 5.40. The number of rotatable bonds is 7. The zero-order chi connectivity index (χ0) is 26.2. The maximum atomic E-state index is 13.6. The average Bonchev–Trinajstić information content (AvgIpc) is 3.25. The first-order valence-electron chi connectivity index (χ1n) is 11.0. The molecule has 186 valence electrons. The van der Waals surface area contributed by atoms with Gasteiger partial charge in [-0.1, -0.05) is 71.7 Å². The minimum absolute atomic E-state index is 0.0920. The van der Waals surface area contributed by atoms with Crippen molar-refractivity contribution in [3.63, 3.8) is 0 Å². The summed E-state index contributed by atoms with van der Waals surface area (Å²) in [6, 6.07) is 20.2. The summed E-state index contributed by atoms with van der Waals surface area (Å²) in [5.74, 6) is -0.187. The number of aromatic nitrogens is 3. The van der Waals surface area contributed by atoms with Gasteiger partial charge in [-0.3, -0.25) is 9.52 Å². The van der Waals surface area contributed by atoms with Gasteiger partial charge >= 0.3 is 0 Å². The van der Waals surface area contributed by atoms with Gasteiger partial charge in [-0.25, -0.2) is 18.4 Å². The lowest BCUT2D eigenvalue weighted by Crippen LogP contribution is -2.14. The van der Waals surface area contributed by atoms with Crippen molar-refractivity contribution in [3.8, 4) is 0 Å². The Balaban J connectivity index is 1.51. The summed E-state index contributed by atoms with van der Waals surface area (Å²) in [6.45, 7) is 0.474. The van der Waals surface area contributed by atoms with Crippen LogP contribution in [-0.4, -0.2) is 28.7 Å². The molecule has 0 aliphatic heterocycles. The third-order valence-corrected chi connectivity index (χ3v) is 8.06. The molecule has 0 atom stereocenters. The molecule has 2 aromatic heterocycles. The van der Waals surface area contributed by atoms with Crippen molar-refractivity contribution in [1.29, 1.82) is 0 Å². The largest absolute Gasteiger partial charge is 0.383 e. The fraction of sp³-hybridized carbons (Fsp3) is 0.0385. The fourth-order valence-corrected chi connectivity index (χ4v) is 5.81. The topological polar surface area (TPSA) is 120 Å². The van der Waals surface area contributed by atoms with Crippen molar-refractivity contribution in [1.82, 2.24) is 14.5 Å². The molecule has 0 radical (unpaired) electrons. The molecule has 0 aliphatic rings. The van der Waals surface area contributed by atoms with E-state index in [0.29, 0.717) is 23.1 Å². The monoisotopic (exact) mass is 551 g/mol. The Morgan fingerprint density at radius 1 is 0.973 bits per heavy atom. The zero-order valence-electron chi connectivity index (χ0n) is 19.1. The molecular formula is C26H19Cl2N5O3S. The van der Waals surface area contributed by atoms with Gasteiger partial charge in [0, 0.05) is 24.0 Å². The molecule has 0 bridgehead atoms. The second-order valence-corrected chi connectivity index (χ2v) is 10.6. The van der Waals surface area contributed by atoms with E-state index in [4.69, 9.17) is 28.9 Å². The van der Waals surface area contributed by atoms with Crippen molar-refractivity contribution in [2.75, 3.05) is 10.5 Å². The van der Waals surface area contributed by atoms with Gasteiger partial charge < -0.3 is 10.3 Å². The van der Waals surface area contributed by atoms with Crippen molar-refractivity contribution >= 4 is 61.5 Å². The lowest BCUT2D eigenvalue weighted by atomic mass is 10.0. The van der Waals surface area contributed by atoms with Crippen LogP contribution in [0, 0.1) is 0 Å². The number of nitrogens with one attached hydrogen (secondary N) is 1. The number of sulfonamides is 1. The van der Waals surface area contributed by atoms with E-state index in [1.165, 1.54) is 36.7 Å². The van der Waals surface area contributed by atoms with Gasteiger partial charge in [0.25, 0.3) is 10.0 Å². The SMILES string of the molecule is Nc1ncnc2c1c(C(=O)c1cccc(NS(=O)(=O)c3cccc(Cl)c3Cl)c1)cn2Cc1ccccc1. The number of nitrogen functional groups attached to an aromatic ring is 1. The molecule has 0 amide bonds. The van der Waals surface area contributed by atoms with E-state index >= 15 is 0 Å². The van der Waals surface area contributed by atoms with E-state index in [9.17, 15) is 13.2 Å². The fourth-order valence-electron chi connectivity index (χ4n) is 4.00. The molecule has 0 saturated carbocycles. The van der Waals surface area contributed by atoms with Gasteiger partial charge in [0.2, 0.25) is 0 Å². The molecule has 0 unspecified atom stereocenters. The number of ketones is 1. The minimum Gasteiger partial charge on any atom is -0.383 e. The first-order chi connectivity index (χ1) is 17.7. The third kappa shape index (κ3) is 4.89. The summed E-state index contributed by atoms with van der Waals surface area (Å²) in [4.78, 5) is 21.9. The van der Waals surface area contributed by atoms with Crippen molar-refractivity contribution in [2.45, 2.75) is 11.4 Å². The van der Waals surface area contributed by atoms with Crippen LogP contribution in [0.4, 0.5) is 11.5 Å². The predicted molar refractivity (Wildman–Crippen MR) is 145 cm³/mol. The van der Waals surface area contributed by atoms with Crippen molar-refractivity contribution in [2.24, 2.45) is 0 Å². The van der Waals surface area contributed by atoms with Crippen LogP contribution in [-0.2, 0) is 16.6 Å². The van der Waals surface area contributed by atoms with Crippen molar-refractivity contribution in [3.05, 3.63) is 112 Å². The van der Waals surface area contributed by atoms with E-state index in [1.807, 2.05) is 34.9 Å². The number of anilines is 2. The molecule has 2 heterocycles. The smallest absolute Gasteiger partial charge is 0.263 e. The number of nitrogens with two attached hydrogens (primary N) is 1. The molecule has 0 saturated heterocycles. The summed E-state index contributed by atoms with van der Waals surface area (Å²) in [5, 5.41) is 0.450. The molecule has 37 heavy (non-hydrogen) atoms. The lowest BCUT2D eigenvalue weighted by Gasteiger charge is -2.11. The number of fused-ring (bicyclic) bond motifs is 1. The second kappa shape index (κ2) is 9.85. The van der Waals surface area contributed by atoms with Gasteiger partial charge in [-0.2, -0.15) is 0 Å². The van der Waals surface area contributed by atoms with E-state index in [1.54, 1.807) is 18.3 Å². The molecule has 11 heteroatoms. The number of carbonyl (C=O) groups excluding carboxylic acids is 1. The quantitative estimate of drug-likeness (QED) is 0.261. The van der Waals surface area contributed by atoms with Crippen molar-refractivity contribution < 1.29 is 13.2 Å². The molecule has 3 N–H and O–H groups in total. The maximum Gasteiger partial charge on any atom is 0.263 e. The van der Waals surface area contributed by atoms with Crippen LogP contribution in [0.3, 0.4) is 0 Å². The van der Waals surface area contributed by atoms with Crippen LogP contribution < -0.4 is 10.5 Å². The van der Waals surface area contributed by atoms with Crippen LogP contribution in [0.5, 0.6) is 0 Å². The number of halogens is 2. The maximum absolute atomic E-state index is 13.6. The van der Waals surface area contributed by atoms with Gasteiger partial charge in [-0.05, 0) is 29.8 Å². The van der Waals surface area contributed by atoms with E-state index in [2.05, 4.69) is 14.7 Å². The number of nitrogens with zero attached hydrogens (tertiary/aromatic N) is 3. The number of carbonyl (C=O) groups is 1. The van der Waals surface area contributed by atoms with Crippen LogP contribution in [0.2, 0.25) is 10.0 Å². The third-order valence-electron chi connectivity index (χ3n) is 5.71. The van der Waals surface area contributed by atoms with Gasteiger partial charge in [0.15, 0.2) is 5.78 Å². The number of benzene rings is 3. The Morgan fingerprint density at radius 3 is 2.51 bits per heavy atom. The van der Waals surface area contributed by atoms with Crippen LogP contribution in [0.1, 0.15) is 21.5 Å². The molecular weight excluding hydrogens is 533 g/mol. The Hall–Kier alpha value is -3.92. The van der Waals surface area contributed by atoms with E-state index < -0.39 is 10.0 Å². The normalized spacial score (nSPS) is 11.5. The van der Waals surface area contributed by atoms with Crippen LogP contribution in [0.15, 0.2) is 90.2 Å². The van der Waals surface area contributed by atoms with Gasteiger partial charge in [0.05, 0.1) is 21.0 Å². The minimum atomic E-state index is -4.07. The van der Waals surface area contributed by atoms with E-state index in [0.717, 1.165) is 5.56 Å². The standard InChI is InChI=1S/C26H19Cl2N5O3S/c27-20-10-5-11-21(23(20)28)37(35,36)32-18-9-4-8-17(12-18)24(34)19-14-33(13-16-6-2-1-3-7-16)26-22(19)25(29)30-15-31-26/h1-12,14-15,32H,13H2,(H2,29,30,31). The summed E-state index contributed by atoms with van der Waals surface area (Å²) in [7, 11) is -4.07. The Bertz CT molecular complexity index is 1760. The Kier molecular flexibility index (Phi) is 6.59. The zero-order valence-corrected chi connectivity index (χ0v) is 21.4. The summed E-state index contributed by atoms with van der Waals surface area (Å²) < 4.78 is 30.2. The van der Waals surface area contributed by atoms with Crippen LogP contribution in [0.25, 0.3) is 11.0 Å². The summed E-state index contributed by atoms with van der Waals surface area (Å²) in [6.07, 6.45) is 3.04. The molecule has 5 rings (SSSR count). The second-order valence-electron chi connectivity index (χ2n) is 8.18. The molecule has 0 aliphatic carbocycles. The first kappa shape index (κ1) is 24.8. The highest BCUT2D eigenvalue weighted by atomic mass is 35.5. The highest BCUT2D eigenvalue weighted by Crippen LogP contribution is 2.31. The highest BCUT2D eigenvalue weighted by Gasteiger charge is 2.23. The molecule has 0 fully saturated rings. The molecule has 5 aromatic rings. The molecule has 3 aromatic carbocycles. The number of hydrogen-bond donors (Lipinski definition) is 2. The Morgan fingerprint density at radius 2 is 1.73 bits per heavy atom. The number of hydrogen-bond acceptors (Lipinski definition) is 6. The van der Waals surface area contributed by atoms with Crippen LogP contribution >= 0.6 is 23.2 Å². The van der Waals surface area contributed by atoms with E-state index in [-0.39, 0.29) is 37.8 Å². The highest BCUT2D eigenvalue weighted by molar-refractivity contribution is 7.92. The Labute approximate surface area is 222 Å². The van der Waals surface area contributed by atoms with Gasteiger partial charge in [0.1, 0.15) is 22.7 Å². The average molecular weight is 552 g/mol. The lowest BCUT2D eigenvalue weighted by molar-refractivity contribution is 0.104. The molecule has 8 nitrogen and oxygen atoms in total. The van der Waals surface area contributed by atoms with Gasteiger partial charge in [-0.15, -0.1) is 0 Å². The summed E-state index contributed by atoms with van der Waals surface area (Å²) >= 11 is 12.1. The summed E-state index contributed by atoms with van der Waals surface area (Å²) in [5.41, 5.74) is 8.43. The molecule has 0 spiro atoms.